The number of carboxylic acid groups (broad SMARTS) is 2. The van der Waals surface area contributed by atoms with E-state index in [0.717, 1.165) is 24.5 Å². The van der Waals surface area contributed by atoms with Gasteiger partial charge in [0, 0.05) is 19.0 Å². The van der Waals surface area contributed by atoms with Crippen molar-refractivity contribution in [3.05, 3.63) is 71.0 Å². The van der Waals surface area contributed by atoms with E-state index < -0.39 is 36.1 Å². The number of hydrogen-bond donors (Lipinski definition) is 3. The predicted molar refractivity (Wildman–Crippen MR) is 119 cm³/mol. The van der Waals surface area contributed by atoms with E-state index in [0.29, 0.717) is 13.2 Å². The number of carbonyl (C=O) groups excluding carboxylic acids is 2. The Hall–Kier alpha value is -3.83. The summed E-state index contributed by atoms with van der Waals surface area (Å²) in [6.07, 6.45) is -3.61. The zero-order valence-corrected chi connectivity index (χ0v) is 19.1. The van der Waals surface area contributed by atoms with Gasteiger partial charge in [-0.2, -0.15) is 0 Å². The Labute approximate surface area is 200 Å². The van der Waals surface area contributed by atoms with Gasteiger partial charge in [-0.15, -0.1) is 0 Å². The summed E-state index contributed by atoms with van der Waals surface area (Å²) in [4.78, 5) is 44.6. The first-order chi connectivity index (χ1) is 16.6. The topological polar surface area (TPSA) is 148 Å². The SMILES string of the molecule is CC(=O)O[C@@H](C(=O)O)[C@@H](OC(=O)c1ccccc1)C(=O)O.CNC[C@@H]1OCCc2cccc(F)c21. The van der Waals surface area contributed by atoms with E-state index >= 15 is 0 Å². The van der Waals surface area contributed by atoms with Gasteiger partial charge in [0.2, 0.25) is 12.2 Å². The van der Waals surface area contributed by atoms with Crippen LogP contribution >= 0.6 is 0 Å². The number of hydrogen-bond acceptors (Lipinski definition) is 8. The van der Waals surface area contributed by atoms with Crippen molar-refractivity contribution in [2.24, 2.45) is 0 Å². The van der Waals surface area contributed by atoms with Crippen LogP contribution in [0.2, 0.25) is 0 Å². The smallest absolute Gasteiger partial charge is 0.349 e. The van der Waals surface area contributed by atoms with Crippen molar-refractivity contribution in [2.45, 2.75) is 31.7 Å². The van der Waals surface area contributed by atoms with Crippen LogP contribution in [0.3, 0.4) is 0 Å². The second-order valence-corrected chi connectivity index (χ2v) is 7.38. The molecule has 1 heterocycles. The lowest BCUT2D eigenvalue weighted by Crippen LogP contribution is -2.45. The number of esters is 2. The maximum absolute atomic E-state index is 13.5. The van der Waals surface area contributed by atoms with Crippen molar-refractivity contribution in [1.82, 2.24) is 5.32 Å². The van der Waals surface area contributed by atoms with Gasteiger partial charge in [-0.1, -0.05) is 30.3 Å². The van der Waals surface area contributed by atoms with E-state index in [9.17, 15) is 23.6 Å². The minimum Gasteiger partial charge on any atom is -0.478 e. The van der Waals surface area contributed by atoms with E-state index in [1.54, 1.807) is 12.1 Å². The van der Waals surface area contributed by atoms with Crippen LogP contribution in [0.4, 0.5) is 4.39 Å². The molecule has 11 heteroatoms. The molecule has 3 N–H and O–H groups in total. The van der Waals surface area contributed by atoms with Gasteiger partial charge in [-0.25, -0.2) is 18.8 Å². The average molecular weight is 491 g/mol. The first-order valence-electron chi connectivity index (χ1n) is 10.6. The fourth-order valence-corrected chi connectivity index (χ4v) is 3.32. The summed E-state index contributed by atoms with van der Waals surface area (Å²) in [5.74, 6) is -5.68. The molecule has 10 nitrogen and oxygen atoms in total. The summed E-state index contributed by atoms with van der Waals surface area (Å²) in [6, 6.07) is 12.6. The van der Waals surface area contributed by atoms with E-state index in [1.807, 2.05) is 13.1 Å². The molecule has 0 radical (unpaired) electrons. The second kappa shape index (κ2) is 13.2. The number of aliphatic carboxylic acids is 2. The van der Waals surface area contributed by atoms with E-state index in [2.05, 4.69) is 14.8 Å². The standard InChI is InChI=1S/C13H12O8.C11H14FNO/c1-7(14)20-9(11(15)16)10(12(17)18)21-13(19)8-5-3-2-4-6-8;1-13-7-10-11-8(5-6-14-10)3-2-4-9(11)12/h2-6,9-10H,1H3,(H,15,16)(H,17,18);2-4,10,13H,5-7H2,1H3/t9-,10-;10-/m10/s1. The molecule has 3 atom stereocenters. The molecule has 2 aromatic carbocycles. The minimum atomic E-state index is -2.15. The molecule has 3 rings (SSSR count). The molecule has 0 aliphatic carbocycles. The Morgan fingerprint density at radius 1 is 1.03 bits per heavy atom. The predicted octanol–water partition coefficient (Wildman–Crippen LogP) is 1.97. The zero-order chi connectivity index (χ0) is 26.0. The van der Waals surface area contributed by atoms with Crippen molar-refractivity contribution in [3.63, 3.8) is 0 Å². The van der Waals surface area contributed by atoms with Crippen LogP contribution in [0.5, 0.6) is 0 Å². The van der Waals surface area contributed by atoms with Crippen LogP contribution in [0.1, 0.15) is 34.5 Å². The lowest BCUT2D eigenvalue weighted by atomic mass is 9.97. The fraction of sp³-hybridized carbons (Fsp3) is 0.333. The summed E-state index contributed by atoms with van der Waals surface area (Å²) in [5, 5.41) is 20.9. The first-order valence-corrected chi connectivity index (χ1v) is 10.6. The molecule has 1 aliphatic rings. The maximum atomic E-state index is 13.5. The number of rotatable bonds is 8. The van der Waals surface area contributed by atoms with Crippen molar-refractivity contribution < 1.29 is 48.0 Å². The molecular weight excluding hydrogens is 465 g/mol. The maximum Gasteiger partial charge on any atom is 0.349 e. The number of fused-ring (bicyclic) bond motifs is 1. The van der Waals surface area contributed by atoms with Gasteiger partial charge in [0.15, 0.2) is 0 Å². The van der Waals surface area contributed by atoms with Crippen LogP contribution < -0.4 is 5.32 Å². The first kappa shape index (κ1) is 27.4. The quantitative estimate of drug-likeness (QED) is 0.468. The van der Waals surface area contributed by atoms with Gasteiger partial charge in [0.05, 0.1) is 18.3 Å². The molecule has 35 heavy (non-hydrogen) atoms. The van der Waals surface area contributed by atoms with Gasteiger partial charge < -0.3 is 29.7 Å². The largest absolute Gasteiger partial charge is 0.478 e. The Kier molecular flexibility index (Phi) is 10.3. The van der Waals surface area contributed by atoms with E-state index in [1.165, 1.54) is 30.3 Å². The third-order valence-corrected chi connectivity index (χ3v) is 4.84. The molecular formula is C24H26FNO9. The summed E-state index contributed by atoms with van der Waals surface area (Å²) >= 11 is 0. The molecule has 0 bridgehead atoms. The molecule has 1 aliphatic heterocycles. The highest BCUT2D eigenvalue weighted by Gasteiger charge is 2.40. The van der Waals surface area contributed by atoms with Crippen LogP contribution in [-0.2, 0) is 35.0 Å². The van der Waals surface area contributed by atoms with Crippen molar-refractivity contribution >= 4 is 23.9 Å². The highest BCUT2D eigenvalue weighted by atomic mass is 19.1. The highest BCUT2D eigenvalue weighted by molar-refractivity contribution is 5.93. The summed E-state index contributed by atoms with van der Waals surface area (Å²) in [7, 11) is 1.85. The zero-order valence-electron chi connectivity index (χ0n) is 19.1. The lowest BCUT2D eigenvalue weighted by Gasteiger charge is -2.26. The van der Waals surface area contributed by atoms with Gasteiger partial charge in [0.1, 0.15) is 5.82 Å². The van der Waals surface area contributed by atoms with Crippen molar-refractivity contribution in [3.8, 4) is 0 Å². The number of halogens is 1. The molecule has 0 fully saturated rings. The molecule has 2 aromatic rings. The second-order valence-electron chi connectivity index (χ2n) is 7.38. The molecule has 0 amide bonds. The Morgan fingerprint density at radius 2 is 1.66 bits per heavy atom. The van der Waals surface area contributed by atoms with Gasteiger partial charge in [-0.05, 0) is 37.2 Å². The van der Waals surface area contributed by atoms with Crippen LogP contribution in [0, 0.1) is 5.82 Å². The van der Waals surface area contributed by atoms with Crippen molar-refractivity contribution in [1.29, 1.82) is 0 Å². The van der Waals surface area contributed by atoms with E-state index in [-0.39, 0.29) is 17.5 Å². The van der Waals surface area contributed by atoms with Gasteiger partial charge in [0.25, 0.3) is 0 Å². The third kappa shape index (κ3) is 7.87. The number of carbonyl (C=O) groups is 4. The molecule has 0 aromatic heterocycles. The van der Waals surface area contributed by atoms with Gasteiger partial charge >= 0.3 is 23.9 Å². The molecule has 0 unspecified atom stereocenters. The Morgan fingerprint density at radius 3 is 2.23 bits per heavy atom. The molecule has 0 spiro atoms. The average Bonchev–Trinajstić information content (AvgIpc) is 2.82. The minimum absolute atomic E-state index is 0.0377. The third-order valence-electron chi connectivity index (χ3n) is 4.84. The Balaban J connectivity index is 0.000000266. The summed E-state index contributed by atoms with van der Waals surface area (Å²) < 4.78 is 28.1. The summed E-state index contributed by atoms with van der Waals surface area (Å²) in [6.45, 7) is 2.25. The normalized spacial score (nSPS) is 15.9. The number of ether oxygens (including phenoxy) is 3. The molecule has 188 valence electrons. The number of nitrogens with one attached hydrogen (secondary N) is 1. The lowest BCUT2D eigenvalue weighted by molar-refractivity contribution is -0.177. The fourth-order valence-electron chi connectivity index (χ4n) is 3.32. The monoisotopic (exact) mass is 491 g/mol. The number of likely N-dealkylation sites (N-methyl/N-ethyl adjacent to an activating group) is 1. The van der Waals surface area contributed by atoms with Crippen LogP contribution in [-0.4, -0.2) is 66.5 Å². The van der Waals surface area contributed by atoms with E-state index in [4.69, 9.17) is 14.9 Å². The number of carboxylic acids is 2. The molecule has 0 saturated heterocycles. The highest BCUT2D eigenvalue weighted by Crippen LogP contribution is 2.28. The van der Waals surface area contributed by atoms with Crippen LogP contribution in [0.25, 0.3) is 0 Å². The van der Waals surface area contributed by atoms with Crippen LogP contribution in [0.15, 0.2) is 48.5 Å². The number of benzene rings is 2. The Bertz CT molecular complexity index is 1040. The van der Waals surface area contributed by atoms with Crippen molar-refractivity contribution in [2.75, 3.05) is 20.2 Å². The summed E-state index contributed by atoms with van der Waals surface area (Å²) in [5.41, 5.74) is 1.85. The molecule has 0 saturated carbocycles. The van der Waals surface area contributed by atoms with Gasteiger partial charge in [-0.3, -0.25) is 4.79 Å².